The molecule has 166 valence electrons. The largest absolute Gasteiger partial charge is 0.340 e. The van der Waals surface area contributed by atoms with E-state index >= 15 is 0 Å². The Morgan fingerprint density at radius 1 is 0.867 bits per heavy atom. The van der Waals surface area contributed by atoms with Gasteiger partial charge in [-0.15, -0.1) is 6.58 Å². The first-order valence-corrected chi connectivity index (χ1v) is 14.0. The third-order valence-corrected chi connectivity index (χ3v) is 8.22. The van der Waals surface area contributed by atoms with Gasteiger partial charge in [-0.25, -0.2) is 0 Å². The van der Waals surface area contributed by atoms with Gasteiger partial charge in [0.05, 0.1) is 0 Å². The monoisotopic (exact) mass is 475 g/mol. The fourth-order valence-corrected chi connectivity index (χ4v) is 6.05. The van der Waals surface area contributed by atoms with E-state index in [9.17, 15) is 0 Å². The van der Waals surface area contributed by atoms with Gasteiger partial charge in [0.2, 0.25) is 16.3 Å². The van der Waals surface area contributed by atoms with Gasteiger partial charge in [0.15, 0.2) is 0 Å². The molecule has 0 nitrogen and oxygen atoms in total. The van der Waals surface area contributed by atoms with Crippen LogP contribution in [0.2, 0.25) is 5.28 Å². The molecule has 3 aliphatic carbocycles. The molecule has 5 unspecified atom stereocenters. The van der Waals surface area contributed by atoms with Gasteiger partial charge in [0.25, 0.3) is 0 Å². The van der Waals surface area contributed by atoms with Crippen molar-refractivity contribution in [3.05, 3.63) is 56.0 Å². The molecular formula is C28H48AlZn-. The Morgan fingerprint density at radius 3 is 1.73 bits per heavy atom. The summed E-state index contributed by atoms with van der Waals surface area (Å²) in [6, 6.07) is 0. The van der Waals surface area contributed by atoms with Gasteiger partial charge in [-0.3, -0.25) is 0 Å². The summed E-state index contributed by atoms with van der Waals surface area (Å²) in [5, 5.41) is 1.51. The van der Waals surface area contributed by atoms with E-state index in [1.807, 2.05) is 0 Å². The molecule has 30 heavy (non-hydrogen) atoms. The zero-order valence-electron chi connectivity index (χ0n) is 20.5. The quantitative estimate of drug-likeness (QED) is 0.206. The van der Waals surface area contributed by atoms with Gasteiger partial charge in [0, 0.05) is 19.5 Å². The van der Waals surface area contributed by atoms with Crippen LogP contribution in [-0.4, -0.2) is 16.3 Å². The second kappa shape index (κ2) is 19.8. The van der Waals surface area contributed by atoms with E-state index in [1.54, 1.807) is 0 Å². The normalized spacial score (nSPS) is 26.7. The topological polar surface area (TPSA) is 0 Å². The maximum Gasteiger partial charge on any atom is 0.212 e. The number of hydrogen-bond acceptors (Lipinski definition) is 0. The van der Waals surface area contributed by atoms with Gasteiger partial charge < -0.3 is 6.92 Å². The van der Waals surface area contributed by atoms with Crippen LogP contribution in [0.3, 0.4) is 0 Å². The molecule has 0 radical (unpaired) electrons. The average molecular weight is 477 g/mol. The van der Waals surface area contributed by atoms with Crippen molar-refractivity contribution in [3.63, 3.8) is 0 Å². The van der Waals surface area contributed by atoms with Crippen LogP contribution in [0.4, 0.5) is 0 Å². The van der Waals surface area contributed by atoms with Crippen LogP contribution in [0.25, 0.3) is 0 Å². The van der Waals surface area contributed by atoms with E-state index in [-0.39, 0.29) is 19.5 Å². The van der Waals surface area contributed by atoms with Crippen LogP contribution < -0.4 is 0 Å². The summed E-state index contributed by atoms with van der Waals surface area (Å²) in [4.78, 5) is 0. The Labute approximate surface area is 210 Å². The molecule has 0 aromatic carbocycles. The first kappa shape index (κ1) is 30.1. The van der Waals surface area contributed by atoms with Gasteiger partial charge >= 0.3 is 0 Å². The maximum absolute atomic E-state index is 4.15. The summed E-state index contributed by atoms with van der Waals surface area (Å²) in [6.45, 7) is 12.5. The van der Waals surface area contributed by atoms with Crippen LogP contribution in [0.5, 0.6) is 0 Å². The number of allylic oxidation sites excluding steroid dienone is 7. The molecule has 0 aromatic heterocycles. The predicted molar refractivity (Wildman–Crippen MR) is 136 cm³/mol. The smallest absolute Gasteiger partial charge is 0.212 e. The molecule has 0 spiro atoms. The van der Waals surface area contributed by atoms with Crippen LogP contribution in [0.15, 0.2) is 49.1 Å². The minimum Gasteiger partial charge on any atom is -0.340 e. The van der Waals surface area contributed by atoms with Crippen molar-refractivity contribution in [1.82, 2.24) is 0 Å². The van der Waals surface area contributed by atoms with Crippen molar-refractivity contribution in [1.29, 1.82) is 0 Å². The molecule has 0 heterocycles. The van der Waals surface area contributed by atoms with Gasteiger partial charge in [-0.1, -0.05) is 86.3 Å². The van der Waals surface area contributed by atoms with Crippen molar-refractivity contribution in [2.45, 2.75) is 89.8 Å². The van der Waals surface area contributed by atoms with E-state index in [4.69, 9.17) is 0 Å². The predicted octanol–water partition coefficient (Wildman–Crippen LogP) is 8.15. The van der Waals surface area contributed by atoms with E-state index in [0.717, 1.165) is 23.7 Å². The first-order valence-electron chi connectivity index (χ1n) is 12.6. The van der Waals surface area contributed by atoms with E-state index in [1.165, 1.54) is 92.2 Å². The standard InChI is InChI=1S/2C10H17.C8H12.Al.Zn.2H/c2*1-3-9(2)10-7-5-4-6-8-10;1-2-8-6-4-3-5-7-8;;;;/h2*4-5,9-10H,2-3,6-8H2,1H3;2-4,8H,1,5-7H2;;;;/q;-1;;;;;. The van der Waals surface area contributed by atoms with E-state index in [2.05, 4.69) is 69.9 Å². The zero-order valence-corrected chi connectivity index (χ0v) is 25.5. The molecule has 5 atom stereocenters. The molecule has 2 heteroatoms. The molecule has 0 aromatic rings. The van der Waals surface area contributed by atoms with Crippen molar-refractivity contribution in [2.24, 2.45) is 29.6 Å². The van der Waals surface area contributed by atoms with Crippen LogP contribution in [0.1, 0.15) is 84.5 Å². The van der Waals surface area contributed by atoms with Crippen LogP contribution in [-0.2, 0) is 19.5 Å². The van der Waals surface area contributed by atoms with Crippen molar-refractivity contribution >= 4 is 16.3 Å². The Hall–Kier alpha value is 0.116. The third kappa shape index (κ3) is 12.8. The minimum atomic E-state index is 0. The molecule has 0 bridgehead atoms. The van der Waals surface area contributed by atoms with Crippen molar-refractivity contribution in [2.75, 3.05) is 0 Å². The average Bonchev–Trinajstić information content (AvgIpc) is 2.82. The van der Waals surface area contributed by atoms with Gasteiger partial charge in [0.1, 0.15) is 0 Å². The molecule has 0 amide bonds. The SMILES string of the molecule is C=CC1CC=CCC1.CCC([CH2][AlH2])C1CC=CCC1.[CH2-]C(CC)C1CC=CCC1.[Zn]. The summed E-state index contributed by atoms with van der Waals surface area (Å²) in [5.74, 6) is 4.40. The third-order valence-electron chi connectivity index (χ3n) is 7.17. The summed E-state index contributed by atoms with van der Waals surface area (Å²) in [5.41, 5.74) is 0. The second-order valence-corrected chi connectivity index (χ2v) is 9.93. The Morgan fingerprint density at radius 2 is 1.40 bits per heavy atom. The molecule has 3 rings (SSSR count). The molecule has 3 aliphatic rings. The fourth-order valence-electron chi connectivity index (χ4n) is 4.81. The first-order chi connectivity index (χ1) is 14.2. The molecule has 0 fully saturated rings. The molecule has 0 N–H and O–H groups in total. The second-order valence-electron chi connectivity index (χ2n) is 9.11. The van der Waals surface area contributed by atoms with Crippen molar-refractivity contribution in [3.8, 4) is 0 Å². The summed E-state index contributed by atoms with van der Waals surface area (Å²) >= 11 is 1.39. The van der Waals surface area contributed by atoms with Gasteiger partial charge in [-0.05, 0) is 69.6 Å². The Balaban J connectivity index is 0.000000418. The number of rotatable bonds is 6. The van der Waals surface area contributed by atoms with E-state index < -0.39 is 0 Å². The molecule has 0 aliphatic heterocycles. The molecular weight excluding hydrogens is 429 g/mol. The van der Waals surface area contributed by atoms with Gasteiger partial charge in [-0.2, -0.15) is 5.92 Å². The molecule has 0 saturated carbocycles. The minimum absolute atomic E-state index is 0. The zero-order chi connectivity index (χ0) is 21.3. The fraction of sp³-hybridized carbons (Fsp3) is 0.679. The van der Waals surface area contributed by atoms with E-state index in [0.29, 0.717) is 5.92 Å². The van der Waals surface area contributed by atoms with Crippen LogP contribution >= 0.6 is 0 Å². The molecule has 0 saturated heterocycles. The van der Waals surface area contributed by atoms with Crippen molar-refractivity contribution < 1.29 is 19.5 Å². The Kier molecular flexibility index (Phi) is 19.9. The maximum atomic E-state index is 4.15. The summed E-state index contributed by atoms with van der Waals surface area (Å²) in [7, 11) is 0. The summed E-state index contributed by atoms with van der Waals surface area (Å²) in [6.07, 6.45) is 30.3. The Bertz CT molecular complexity index is 489. The number of hydrogen-bond donors (Lipinski definition) is 0. The summed E-state index contributed by atoms with van der Waals surface area (Å²) < 4.78 is 0. The van der Waals surface area contributed by atoms with Crippen LogP contribution in [0, 0.1) is 36.5 Å².